The molecule has 38 heavy (non-hydrogen) atoms. The van der Waals surface area contributed by atoms with Gasteiger partial charge in [0.05, 0.1) is 28.6 Å². The second-order valence-corrected chi connectivity index (χ2v) is 8.70. The highest BCUT2D eigenvalue weighted by Gasteiger charge is 2.38. The zero-order valence-corrected chi connectivity index (χ0v) is 21.7. The van der Waals surface area contributed by atoms with Crippen molar-refractivity contribution < 1.29 is 19.8 Å². The molecule has 4 aromatic rings. The average molecular weight is 505 g/mol. The number of aromatic nitrogens is 2. The molecular formula is C32H28N2O4. The molecular weight excluding hydrogens is 476 g/mol. The Balaban J connectivity index is 0.000000704. The van der Waals surface area contributed by atoms with Crippen molar-refractivity contribution in [3.8, 4) is 0 Å². The normalized spacial score (nSPS) is 18.1. The Kier molecular flexibility index (Phi) is 6.51. The van der Waals surface area contributed by atoms with Gasteiger partial charge in [-0.25, -0.2) is 9.97 Å². The minimum atomic E-state index is -0.830. The second-order valence-electron chi connectivity index (χ2n) is 8.70. The average Bonchev–Trinajstić information content (AvgIpc) is 2.98. The summed E-state index contributed by atoms with van der Waals surface area (Å²) in [5.41, 5.74) is 4.76. The molecule has 6 nitrogen and oxygen atoms in total. The number of nitrogens with zero attached hydrogens (tertiary/aromatic N) is 2. The van der Waals surface area contributed by atoms with Crippen LogP contribution in [0.2, 0.25) is 0 Å². The van der Waals surface area contributed by atoms with Gasteiger partial charge < -0.3 is 10.2 Å². The van der Waals surface area contributed by atoms with Crippen LogP contribution in [-0.4, -0.2) is 31.7 Å². The topological polar surface area (TPSA) is 100 Å². The lowest BCUT2D eigenvalue weighted by atomic mass is 9.76. The third-order valence-electron chi connectivity index (χ3n) is 6.93. The van der Waals surface area contributed by atoms with Gasteiger partial charge in [0, 0.05) is 33.7 Å². The molecule has 0 saturated heterocycles. The molecule has 0 aliphatic heterocycles. The van der Waals surface area contributed by atoms with Gasteiger partial charge >= 0.3 is 0 Å². The first-order valence-electron chi connectivity index (χ1n) is 13.0. The van der Waals surface area contributed by atoms with Gasteiger partial charge in [0.25, 0.3) is 0 Å². The van der Waals surface area contributed by atoms with Crippen LogP contribution in [0.5, 0.6) is 0 Å². The molecule has 2 atom stereocenters. The van der Waals surface area contributed by atoms with E-state index in [0.717, 1.165) is 0 Å². The quantitative estimate of drug-likeness (QED) is 0.247. The van der Waals surface area contributed by atoms with Crippen LogP contribution in [0.25, 0.3) is 28.4 Å². The number of ketones is 2. The Morgan fingerprint density at radius 3 is 2.08 bits per heavy atom. The Morgan fingerprint density at radius 2 is 1.37 bits per heavy atom. The molecule has 0 fully saturated rings. The van der Waals surface area contributed by atoms with Gasteiger partial charge in [0.2, 0.25) is 0 Å². The summed E-state index contributed by atoms with van der Waals surface area (Å²) in [5, 5.41) is 22.1. The van der Waals surface area contributed by atoms with Crippen LogP contribution >= 0.6 is 0 Å². The molecule has 0 bridgehead atoms. The molecule has 6 heteroatoms. The largest absolute Gasteiger partial charge is 0.507 e. The van der Waals surface area contributed by atoms with Crippen LogP contribution in [0, 0.1) is 5.92 Å². The lowest BCUT2D eigenvalue weighted by Crippen LogP contribution is -2.24. The molecule has 0 amide bonds. The van der Waals surface area contributed by atoms with E-state index in [1.54, 1.807) is 66.7 Å². The van der Waals surface area contributed by atoms with E-state index >= 15 is 0 Å². The molecule has 2 N–H and O–H groups in total. The molecule has 3 aliphatic carbocycles. The van der Waals surface area contributed by atoms with E-state index in [1.165, 1.54) is 0 Å². The number of fused-ring (bicyclic) bond motifs is 8. The van der Waals surface area contributed by atoms with Crippen molar-refractivity contribution >= 4 is 40.0 Å². The van der Waals surface area contributed by atoms with Crippen molar-refractivity contribution in [2.24, 2.45) is 5.92 Å². The van der Waals surface area contributed by atoms with Gasteiger partial charge in [0.1, 0.15) is 11.3 Å². The summed E-state index contributed by atoms with van der Waals surface area (Å²) < 4.78 is 0. The Morgan fingerprint density at radius 1 is 0.737 bits per heavy atom. The summed E-state index contributed by atoms with van der Waals surface area (Å²) in [4.78, 5) is 36.0. The minimum absolute atomic E-state index is 0.0586. The third kappa shape index (κ3) is 3.52. The van der Waals surface area contributed by atoms with Gasteiger partial charge in [-0.1, -0.05) is 82.3 Å². The smallest absolute Gasteiger partial charge is 0.196 e. The van der Waals surface area contributed by atoms with E-state index < -0.39 is 12.0 Å². The monoisotopic (exact) mass is 504 g/mol. The SMILES string of the molecule is CC.CC.O=C1c2ccccc2C(=O)c2c1ccc1nc3c(nc21)C=CC1C3=C(O)c2ccccc2C1O. The van der Waals surface area contributed by atoms with Crippen molar-refractivity contribution in [1.29, 1.82) is 0 Å². The van der Waals surface area contributed by atoms with E-state index in [9.17, 15) is 19.8 Å². The number of rotatable bonds is 0. The van der Waals surface area contributed by atoms with Crippen LogP contribution in [0.15, 0.2) is 66.7 Å². The molecule has 3 aliphatic rings. The van der Waals surface area contributed by atoms with Gasteiger partial charge in [-0.2, -0.15) is 0 Å². The Labute approximate surface area is 221 Å². The molecule has 190 valence electrons. The first kappa shape index (κ1) is 25.2. The van der Waals surface area contributed by atoms with Crippen molar-refractivity contribution in [3.05, 3.63) is 112 Å². The summed E-state index contributed by atoms with van der Waals surface area (Å²) in [7, 11) is 0. The number of hydrogen-bond donors (Lipinski definition) is 2. The van der Waals surface area contributed by atoms with E-state index in [2.05, 4.69) is 0 Å². The van der Waals surface area contributed by atoms with Gasteiger partial charge in [0.15, 0.2) is 11.6 Å². The third-order valence-corrected chi connectivity index (χ3v) is 6.93. The number of aliphatic hydroxyl groups excluding tert-OH is 2. The zero-order chi connectivity index (χ0) is 27.1. The van der Waals surface area contributed by atoms with Crippen molar-refractivity contribution in [3.63, 3.8) is 0 Å². The molecule has 0 spiro atoms. The van der Waals surface area contributed by atoms with Crippen LogP contribution in [-0.2, 0) is 0 Å². The summed E-state index contributed by atoms with van der Waals surface area (Å²) in [6.07, 6.45) is 2.72. The highest BCUT2D eigenvalue weighted by Crippen LogP contribution is 2.48. The summed E-state index contributed by atoms with van der Waals surface area (Å²) in [6, 6.07) is 17.3. The van der Waals surface area contributed by atoms with Crippen molar-refractivity contribution in [1.82, 2.24) is 9.97 Å². The standard InChI is InChI=1S/C28H16N2O4.2C2H6/c31-25-13-5-1-3-7-15(13)27(33)21-17(25)9-11-19-23(21)29-20-12-10-18-22(24(20)30-19)28(34)16-8-4-2-6-14(16)26(18)32;2*1-2/h1-12,17,25,31,33H;2*1-2H3. The highest BCUT2D eigenvalue weighted by atomic mass is 16.3. The van der Waals surface area contributed by atoms with E-state index in [-0.39, 0.29) is 22.9 Å². The number of carbonyl (C=O) groups is 2. The Hall–Kier alpha value is -4.42. The first-order valence-corrected chi connectivity index (χ1v) is 13.0. The van der Waals surface area contributed by atoms with Gasteiger partial charge in [-0.15, -0.1) is 0 Å². The van der Waals surface area contributed by atoms with E-state index in [0.29, 0.717) is 55.8 Å². The fourth-order valence-corrected chi connectivity index (χ4v) is 5.32. The number of benzene rings is 3. The lowest BCUT2D eigenvalue weighted by molar-refractivity contribution is 0.0980. The van der Waals surface area contributed by atoms with Crippen LogP contribution in [0.4, 0.5) is 0 Å². The summed E-state index contributed by atoms with van der Waals surface area (Å²) in [6.45, 7) is 8.00. The number of aliphatic hydroxyl groups is 2. The van der Waals surface area contributed by atoms with Crippen molar-refractivity contribution in [2.45, 2.75) is 33.8 Å². The highest BCUT2D eigenvalue weighted by molar-refractivity contribution is 6.31. The van der Waals surface area contributed by atoms with E-state index in [4.69, 9.17) is 9.97 Å². The second kappa shape index (κ2) is 9.80. The van der Waals surface area contributed by atoms with Crippen LogP contribution < -0.4 is 0 Å². The molecule has 0 saturated carbocycles. The molecule has 3 aromatic carbocycles. The molecule has 1 aromatic heterocycles. The number of hydrogen-bond acceptors (Lipinski definition) is 6. The fourth-order valence-electron chi connectivity index (χ4n) is 5.32. The van der Waals surface area contributed by atoms with Crippen LogP contribution in [0.1, 0.15) is 88.2 Å². The van der Waals surface area contributed by atoms with E-state index in [1.807, 2.05) is 33.8 Å². The van der Waals surface area contributed by atoms with Crippen LogP contribution in [0.3, 0.4) is 0 Å². The first-order chi connectivity index (χ1) is 18.5. The number of carbonyl (C=O) groups excluding carboxylic acids is 2. The Bertz CT molecular complexity index is 1680. The summed E-state index contributed by atoms with van der Waals surface area (Å²) >= 11 is 0. The molecule has 1 heterocycles. The zero-order valence-electron chi connectivity index (χ0n) is 21.7. The van der Waals surface area contributed by atoms with Crippen molar-refractivity contribution in [2.75, 3.05) is 0 Å². The predicted octanol–water partition coefficient (Wildman–Crippen LogP) is 6.57. The predicted molar refractivity (Wildman–Crippen MR) is 149 cm³/mol. The summed E-state index contributed by atoms with van der Waals surface area (Å²) in [5.74, 6) is -0.883. The fraction of sp³-hybridized carbons (Fsp3) is 0.188. The van der Waals surface area contributed by atoms with Gasteiger partial charge in [-0.3, -0.25) is 9.59 Å². The lowest BCUT2D eigenvalue weighted by Gasteiger charge is -2.33. The minimum Gasteiger partial charge on any atom is -0.507 e. The molecule has 2 unspecified atom stereocenters. The molecule has 0 radical (unpaired) electrons. The molecule has 7 rings (SSSR count). The maximum absolute atomic E-state index is 13.4. The maximum atomic E-state index is 13.4. The maximum Gasteiger partial charge on any atom is 0.196 e. The van der Waals surface area contributed by atoms with Gasteiger partial charge in [-0.05, 0) is 23.8 Å².